The van der Waals surface area contributed by atoms with Gasteiger partial charge in [-0.3, -0.25) is 14.4 Å². The molecule has 0 atom stereocenters. The van der Waals surface area contributed by atoms with Crippen LogP contribution in [0.5, 0.6) is 11.5 Å². The fourth-order valence-corrected chi connectivity index (χ4v) is 3.93. The highest BCUT2D eigenvalue weighted by atomic mass is 16.5. The van der Waals surface area contributed by atoms with E-state index in [1.165, 1.54) is 7.11 Å². The van der Waals surface area contributed by atoms with E-state index in [1.54, 1.807) is 23.1 Å². The van der Waals surface area contributed by atoms with Crippen molar-refractivity contribution in [2.24, 2.45) is 0 Å². The monoisotopic (exact) mass is 467 g/mol. The number of piperidine rings is 1. The Morgan fingerprint density at radius 2 is 1.76 bits per heavy atom. The molecule has 0 bridgehead atoms. The third kappa shape index (κ3) is 6.50. The maximum Gasteiger partial charge on any atom is 0.258 e. The van der Waals surface area contributed by atoms with Gasteiger partial charge < -0.3 is 25.0 Å². The number of hydrogen-bond donors (Lipinski definition) is 2. The number of likely N-dealkylation sites (tertiary alicyclic amines) is 1. The summed E-state index contributed by atoms with van der Waals surface area (Å²) in [7, 11) is 1.49. The molecule has 8 nitrogen and oxygen atoms in total. The summed E-state index contributed by atoms with van der Waals surface area (Å²) in [6.45, 7) is 6.63. The second-order valence-corrected chi connectivity index (χ2v) is 8.73. The van der Waals surface area contributed by atoms with Gasteiger partial charge in [0.2, 0.25) is 0 Å². The maximum absolute atomic E-state index is 13.0. The lowest BCUT2D eigenvalue weighted by atomic mass is 10.0. The lowest BCUT2D eigenvalue weighted by Gasteiger charge is -2.32. The zero-order valence-electron chi connectivity index (χ0n) is 20.2. The zero-order chi connectivity index (χ0) is 24.7. The fourth-order valence-electron chi connectivity index (χ4n) is 3.93. The lowest BCUT2D eigenvalue weighted by molar-refractivity contribution is -0.123. The smallest absolute Gasteiger partial charge is 0.258 e. The van der Waals surface area contributed by atoms with Gasteiger partial charge in [-0.25, -0.2) is 0 Å². The van der Waals surface area contributed by atoms with Crippen molar-refractivity contribution in [2.45, 2.75) is 45.7 Å². The van der Waals surface area contributed by atoms with Crippen LogP contribution in [0.4, 0.5) is 0 Å². The highest BCUT2D eigenvalue weighted by molar-refractivity contribution is 5.96. The summed E-state index contributed by atoms with van der Waals surface area (Å²) >= 11 is 0. The predicted molar refractivity (Wildman–Crippen MR) is 129 cm³/mol. The Morgan fingerprint density at radius 1 is 1.06 bits per heavy atom. The Bertz CT molecular complexity index is 1030. The van der Waals surface area contributed by atoms with E-state index < -0.39 is 0 Å². The molecule has 0 saturated carbocycles. The summed E-state index contributed by atoms with van der Waals surface area (Å²) in [5, 5.41) is 5.85. The van der Waals surface area contributed by atoms with Crippen LogP contribution < -0.4 is 20.1 Å². The predicted octanol–water partition coefficient (Wildman–Crippen LogP) is 2.94. The number of nitrogens with one attached hydrogen (secondary N) is 2. The van der Waals surface area contributed by atoms with Gasteiger partial charge >= 0.3 is 0 Å². The first-order valence-electron chi connectivity index (χ1n) is 11.5. The number of carbonyl (C=O) groups excluding carboxylic acids is 3. The van der Waals surface area contributed by atoms with E-state index in [2.05, 4.69) is 10.6 Å². The molecule has 8 heteroatoms. The summed E-state index contributed by atoms with van der Waals surface area (Å²) < 4.78 is 10.9. The van der Waals surface area contributed by atoms with E-state index in [4.69, 9.17) is 9.47 Å². The van der Waals surface area contributed by atoms with Crippen LogP contribution in [0.2, 0.25) is 0 Å². The van der Waals surface area contributed by atoms with Gasteiger partial charge in [-0.2, -0.15) is 0 Å². The zero-order valence-corrected chi connectivity index (χ0v) is 20.2. The normalized spacial score (nSPS) is 14.0. The maximum atomic E-state index is 13.0. The molecule has 2 aromatic rings. The van der Waals surface area contributed by atoms with E-state index in [9.17, 15) is 14.4 Å². The minimum atomic E-state index is -0.227. The van der Waals surface area contributed by atoms with Crippen LogP contribution in [-0.2, 0) is 4.79 Å². The first kappa shape index (κ1) is 25.1. The first-order chi connectivity index (χ1) is 16.3. The number of carbonyl (C=O) groups is 3. The van der Waals surface area contributed by atoms with Crippen LogP contribution >= 0.6 is 0 Å². The number of nitrogens with zero attached hydrogens (tertiary/aromatic N) is 1. The molecule has 1 aliphatic rings. The number of benzene rings is 2. The van der Waals surface area contributed by atoms with Gasteiger partial charge in [0.1, 0.15) is 0 Å². The Morgan fingerprint density at radius 3 is 2.41 bits per heavy atom. The van der Waals surface area contributed by atoms with E-state index in [1.807, 2.05) is 45.0 Å². The summed E-state index contributed by atoms with van der Waals surface area (Å²) in [4.78, 5) is 39.2. The Kier molecular flexibility index (Phi) is 8.51. The van der Waals surface area contributed by atoms with Crippen LogP contribution in [0.3, 0.4) is 0 Å². The van der Waals surface area contributed by atoms with Crippen molar-refractivity contribution in [3.05, 3.63) is 59.2 Å². The van der Waals surface area contributed by atoms with Crippen molar-refractivity contribution in [1.29, 1.82) is 0 Å². The Labute approximate surface area is 200 Å². The highest BCUT2D eigenvalue weighted by Gasteiger charge is 2.26. The van der Waals surface area contributed by atoms with Crippen LogP contribution in [0, 0.1) is 6.92 Å². The average Bonchev–Trinajstić information content (AvgIpc) is 2.82. The molecule has 1 aliphatic heterocycles. The number of hydrogen-bond acceptors (Lipinski definition) is 5. The second kappa shape index (κ2) is 11.5. The second-order valence-electron chi connectivity index (χ2n) is 8.73. The number of amides is 3. The molecule has 1 fully saturated rings. The Hall–Kier alpha value is -3.55. The van der Waals surface area contributed by atoms with Crippen LogP contribution in [-0.4, -0.2) is 61.5 Å². The number of rotatable bonds is 8. The summed E-state index contributed by atoms with van der Waals surface area (Å²) in [6, 6.07) is 12.5. The van der Waals surface area contributed by atoms with E-state index in [-0.39, 0.29) is 36.4 Å². The van der Waals surface area contributed by atoms with E-state index >= 15 is 0 Å². The Balaban J connectivity index is 1.55. The van der Waals surface area contributed by atoms with Crippen molar-refractivity contribution >= 4 is 17.7 Å². The molecular weight excluding hydrogens is 434 g/mol. The van der Waals surface area contributed by atoms with Crippen molar-refractivity contribution in [3.8, 4) is 11.5 Å². The van der Waals surface area contributed by atoms with Crippen molar-refractivity contribution in [3.63, 3.8) is 0 Å². The third-order valence-electron chi connectivity index (χ3n) is 5.73. The van der Waals surface area contributed by atoms with Crippen molar-refractivity contribution in [1.82, 2.24) is 15.5 Å². The molecule has 1 heterocycles. The standard InChI is InChI=1S/C26H33N3O5/c1-17(2)27-24(30)16-34-22-10-9-19(15-23(22)33-4)26(32)29-13-11-20(12-14-29)28-25(31)21-8-6-5-7-18(21)3/h5-10,15,17,20H,11-14,16H2,1-4H3,(H,27,30)(H,28,31). The van der Waals surface area contributed by atoms with Crippen LogP contribution in [0.25, 0.3) is 0 Å². The number of methoxy groups -OCH3 is 1. The van der Waals surface area contributed by atoms with Gasteiger partial charge in [0, 0.05) is 36.3 Å². The minimum Gasteiger partial charge on any atom is -0.493 e. The summed E-state index contributed by atoms with van der Waals surface area (Å²) in [6.07, 6.45) is 1.37. The minimum absolute atomic E-state index is 0.0258. The quantitative estimate of drug-likeness (QED) is 0.622. The van der Waals surface area contributed by atoms with Gasteiger partial charge in [0.25, 0.3) is 17.7 Å². The molecule has 3 rings (SSSR count). The SMILES string of the molecule is COc1cc(C(=O)N2CCC(NC(=O)c3ccccc3C)CC2)ccc1OCC(=O)NC(C)C. The van der Waals surface area contributed by atoms with Gasteiger partial charge in [0.15, 0.2) is 18.1 Å². The van der Waals surface area contributed by atoms with Gasteiger partial charge in [-0.15, -0.1) is 0 Å². The molecule has 0 radical (unpaired) electrons. The van der Waals surface area contributed by atoms with Gasteiger partial charge in [-0.1, -0.05) is 18.2 Å². The molecule has 0 aromatic heterocycles. The number of aryl methyl sites for hydroxylation is 1. The molecule has 34 heavy (non-hydrogen) atoms. The van der Waals surface area contributed by atoms with Crippen LogP contribution in [0.15, 0.2) is 42.5 Å². The molecule has 182 valence electrons. The molecule has 0 aliphatic carbocycles. The van der Waals surface area contributed by atoms with Gasteiger partial charge in [-0.05, 0) is 63.4 Å². The van der Waals surface area contributed by atoms with Crippen molar-refractivity contribution in [2.75, 3.05) is 26.8 Å². The largest absolute Gasteiger partial charge is 0.493 e. The molecule has 3 amide bonds. The highest BCUT2D eigenvalue weighted by Crippen LogP contribution is 2.29. The molecular formula is C26H33N3O5. The fraction of sp³-hybridized carbons (Fsp3) is 0.423. The third-order valence-corrected chi connectivity index (χ3v) is 5.73. The first-order valence-corrected chi connectivity index (χ1v) is 11.5. The van der Waals surface area contributed by atoms with E-state index in [0.29, 0.717) is 48.6 Å². The molecule has 2 N–H and O–H groups in total. The van der Waals surface area contributed by atoms with Crippen LogP contribution in [0.1, 0.15) is 53.0 Å². The van der Waals surface area contributed by atoms with Crippen molar-refractivity contribution < 1.29 is 23.9 Å². The molecule has 2 aromatic carbocycles. The average molecular weight is 468 g/mol. The topological polar surface area (TPSA) is 97.0 Å². The van der Waals surface area contributed by atoms with E-state index in [0.717, 1.165) is 5.56 Å². The molecule has 1 saturated heterocycles. The summed E-state index contributed by atoms with van der Waals surface area (Å²) in [5.74, 6) is 0.380. The van der Waals surface area contributed by atoms with Gasteiger partial charge in [0.05, 0.1) is 7.11 Å². The lowest BCUT2D eigenvalue weighted by Crippen LogP contribution is -2.46. The molecule has 0 unspecified atom stereocenters. The molecule has 0 spiro atoms. The summed E-state index contributed by atoms with van der Waals surface area (Å²) in [5.41, 5.74) is 2.10. The number of ether oxygens (including phenoxy) is 2.